The molecule has 2 aromatic rings. The molecule has 0 amide bonds. The van der Waals surface area contributed by atoms with Gasteiger partial charge in [-0.15, -0.1) is 0 Å². The highest BCUT2D eigenvalue weighted by atomic mass is 35.5. The van der Waals surface area contributed by atoms with Gasteiger partial charge in [0.05, 0.1) is 5.56 Å². The van der Waals surface area contributed by atoms with E-state index in [0.717, 1.165) is 19.3 Å². The Morgan fingerprint density at radius 2 is 1.91 bits per heavy atom. The highest BCUT2D eigenvalue weighted by Crippen LogP contribution is 2.22. The molecule has 4 nitrogen and oxygen atoms in total. The summed E-state index contributed by atoms with van der Waals surface area (Å²) in [6.07, 6.45) is 5.90. The van der Waals surface area contributed by atoms with Gasteiger partial charge in [0.1, 0.15) is 5.15 Å². The summed E-state index contributed by atoms with van der Waals surface area (Å²) >= 11 is 5.83. The van der Waals surface area contributed by atoms with Gasteiger partial charge in [0, 0.05) is 11.8 Å². The fourth-order valence-corrected chi connectivity index (χ4v) is 2.93. The lowest BCUT2D eigenvalue weighted by atomic mass is 9.90. The quantitative estimate of drug-likeness (QED) is 0.488. The molecule has 0 N–H and O–H groups in total. The molecule has 1 heterocycles. The van der Waals surface area contributed by atoms with Crippen molar-refractivity contribution in [2.75, 3.05) is 6.61 Å². The molecular formula is C18H16ClNO3. The molecule has 0 spiro atoms. The molecule has 0 bridgehead atoms. The highest BCUT2D eigenvalue weighted by molar-refractivity contribution is 6.32. The van der Waals surface area contributed by atoms with Crippen LogP contribution in [0.4, 0.5) is 0 Å². The summed E-state index contributed by atoms with van der Waals surface area (Å²) in [5.41, 5.74) is 3.28. The van der Waals surface area contributed by atoms with Crippen LogP contribution in [0.5, 0.6) is 0 Å². The van der Waals surface area contributed by atoms with E-state index in [9.17, 15) is 9.59 Å². The lowest BCUT2D eigenvalue weighted by molar-refractivity contribution is 0.0474. The van der Waals surface area contributed by atoms with Gasteiger partial charge in [-0.3, -0.25) is 4.79 Å². The Hall–Kier alpha value is -2.20. The molecule has 0 aliphatic heterocycles. The number of pyridine rings is 1. The maximum atomic E-state index is 12.2. The van der Waals surface area contributed by atoms with Gasteiger partial charge in [0.2, 0.25) is 0 Å². The van der Waals surface area contributed by atoms with Crippen LogP contribution in [-0.4, -0.2) is 23.3 Å². The van der Waals surface area contributed by atoms with E-state index >= 15 is 0 Å². The van der Waals surface area contributed by atoms with E-state index in [0.29, 0.717) is 5.56 Å². The Bertz CT molecular complexity index is 758. The second-order valence-corrected chi connectivity index (χ2v) is 5.89. The number of esters is 1. The topological polar surface area (TPSA) is 56.3 Å². The van der Waals surface area contributed by atoms with Crippen molar-refractivity contribution in [2.45, 2.75) is 25.7 Å². The number of carbonyl (C=O) groups is 2. The highest BCUT2D eigenvalue weighted by Gasteiger charge is 2.16. The van der Waals surface area contributed by atoms with Crippen LogP contribution < -0.4 is 0 Å². The third-order valence-corrected chi connectivity index (χ3v) is 4.29. The molecule has 3 rings (SSSR count). The molecule has 5 heteroatoms. The van der Waals surface area contributed by atoms with E-state index in [1.807, 2.05) is 12.1 Å². The largest absolute Gasteiger partial charge is 0.454 e. The van der Waals surface area contributed by atoms with Gasteiger partial charge in [0.25, 0.3) is 0 Å². The smallest absolute Gasteiger partial charge is 0.341 e. The van der Waals surface area contributed by atoms with Crippen molar-refractivity contribution in [2.24, 2.45) is 0 Å². The minimum atomic E-state index is -0.644. The van der Waals surface area contributed by atoms with Gasteiger partial charge >= 0.3 is 5.97 Å². The maximum absolute atomic E-state index is 12.2. The van der Waals surface area contributed by atoms with Crippen molar-refractivity contribution < 1.29 is 14.3 Å². The minimum absolute atomic E-state index is 0.0683. The van der Waals surface area contributed by atoms with Crippen LogP contribution in [0.15, 0.2) is 36.5 Å². The number of fused-ring (bicyclic) bond motifs is 1. The van der Waals surface area contributed by atoms with E-state index in [1.54, 1.807) is 12.1 Å². The second kappa shape index (κ2) is 6.92. The van der Waals surface area contributed by atoms with Gasteiger partial charge in [-0.1, -0.05) is 23.7 Å². The molecule has 0 atom stereocenters. The molecule has 0 fully saturated rings. The van der Waals surface area contributed by atoms with Crippen molar-refractivity contribution in [3.8, 4) is 0 Å². The Morgan fingerprint density at radius 1 is 1.13 bits per heavy atom. The zero-order valence-corrected chi connectivity index (χ0v) is 13.3. The van der Waals surface area contributed by atoms with E-state index in [-0.39, 0.29) is 23.1 Å². The van der Waals surface area contributed by atoms with Crippen molar-refractivity contribution in [1.82, 2.24) is 4.98 Å². The van der Waals surface area contributed by atoms with Gasteiger partial charge in [-0.05, 0) is 55.0 Å². The number of nitrogens with zero attached hydrogens (tertiary/aromatic N) is 1. The van der Waals surface area contributed by atoms with Crippen LogP contribution in [0, 0.1) is 0 Å². The van der Waals surface area contributed by atoms with E-state index < -0.39 is 5.97 Å². The lowest BCUT2D eigenvalue weighted by Gasteiger charge is -2.16. The summed E-state index contributed by atoms with van der Waals surface area (Å²) in [5, 5.41) is 0.0683. The first kappa shape index (κ1) is 15.7. The predicted octanol–water partition coefficient (Wildman–Crippen LogP) is 3.65. The molecule has 0 radical (unpaired) electrons. The van der Waals surface area contributed by atoms with Crippen molar-refractivity contribution in [3.05, 3.63) is 63.9 Å². The first-order chi connectivity index (χ1) is 11.1. The molecule has 23 heavy (non-hydrogen) atoms. The van der Waals surface area contributed by atoms with Crippen LogP contribution >= 0.6 is 11.6 Å². The summed E-state index contributed by atoms with van der Waals surface area (Å²) in [6, 6.07) is 8.83. The standard InChI is InChI=1S/C18H16ClNO3/c19-17-15(6-3-9-20-17)18(22)23-11-16(21)14-8-7-12-4-1-2-5-13(12)10-14/h3,6-10H,1-2,4-5,11H2. The van der Waals surface area contributed by atoms with Crippen LogP contribution in [0.3, 0.4) is 0 Å². The summed E-state index contributed by atoms with van der Waals surface area (Å²) in [5.74, 6) is -0.860. The number of halogens is 1. The fraction of sp³-hybridized carbons (Fsp3) is 0.278. The van der Waals surface area contributed by atoms with Crippen LogP contribution in [0.2, 0.25) is 5.15 Å². The van der Waals surface area contributed by atoms with E-state index in [2.05, 4.69) is 4.98 Å². The Morgan fingerprint density at radius 3 is 2.70 bits per heavy atom. The molecule has 0 saturated heterocycles. The zero-order valence-electron chi connectivity index (χ0n) is 12.5. The number of hydrogen-bond acceptors (Lipinski definition) is 4. The number of benzene rings is 1. The Balaban J connectivity index is 1.66. The molecule has 1 aliphatic rings. The van der Waals surface area contributed by atoms with Crippen molar-refractivity contribution in [3.63, 3.8) is 0 Å². The fourth-order valence-electron chi connectivity index (χ4n) is 2.74. The average Bonchev–Trinajstić information content (AvgIpc) is 2.59. The second-order valence-electron chi connectivity index (χ2n) is 5.53. The van der Waals surface area contributed by atoms with Crippen LogP contribution in [0.1, 0.15) is 44.7 Å². The molecule has 1 aromatic carbocycles. The van der Waals surface area contributed by atoms with Crippen molar-refractivity contribution in [1.29, 1.82) is 0 Å². The maximum Gasteiger partial charge on any atom is 0.341 e. The Kier molecular flexibility index (Phi) is 4.72. The molecule has 0 unspecified atom stereocenters. The van der Waals surface area contributed by atoms with Gasteiger partial charge in [-0.25, -0.2) is 9.78 Å². The number of hydrogen-bond donors (Lipinski definition) is 0. The first-order valence-electron chi connectivity index (χ1n) is 7.58. The van der Waals surface area contributed by atoms with Crippen LogP contribution in [-0.2, 0) is 17.6 Å². The van der Waals surface area contributed by atoms with E-state index in [1.165, 1.54) is 29.8 Å². The molecule has 0 saturated carbocycles. The van der Waals surface area contributed by atoms with Gasteiger partial charge < -0.3 is 4.74 Å². The number of ether oxygens (including phenoxy) is 1. The van der Waals surface area contributed by atoms with Crippen LogP contribution in [0.25, 0.3) is 0 Å². The third-order valence-electron chi connectivity index (χ3n) is 3.98. The number of Topliss-reactive ketones (excluding diaryl/α,β-unsaturated/α-hetero) is 1. The monoisotopic (exact) mass is 329 g/mol. The van der Waals surface area contributed by atoms with E-state index in [4.69, 9.17) is 16.3 Å². The SMILES string of the molecule is O=C(COC(=O)c1cccnc1Cl)c1ccc2c(c1)CCCC2. The Labute approximate surface area is 139 Å². The lowest BCUT2D eigenvalue weighted by Crippen LogP contribution is -2.15. The summed E-state index contributed by atoms with van der Waals surface area (Å²) in [4.78, 5) is 28.0. The summed E-state index contributed by atoms with van der Waals surface area (Å²) < 4.78 is 5.06. The number of carbonyl (C=O) groups excluding carboxylic acids is 2. The normalized spacial score (nSPS) is 13.3. The first-order valence-corrected chi connectivity index (χ1v) is 7.95. The summed E-state index contributed by atoms with van der Waals surface area (Å²) in [6.45, 7) is -0.303. The number of rotatable bonds is 4. The zero-order chi connectivity index (χ0) is 16.2. The predicted molar refractivity (Wildman–Crippen MR) is 86.9 cm³/mol. The van der Waals surface area contributed by atoms with Crippen molar-refractivity contribution >= 4 is 23.4 Å². The number of ketones is 1. The molecule has 1 aromatic heterocycles. The minimum Gasteiger partial charge on any atom is -0.454 e. The molecular weight excluding hydrogens is 314 g/mol. The average molecular weight is 330 g/mol. The molecule has 1 aliphatic carbocycles. The number of aryl methyl sites for hydroxylation is 2. The summed E-state index contributed by atoms with van der Waals surface area (Å²) in [7, 11) is 0. The number of aromatic nitrogens is 1. The van der Waals surface area contributed by atoms with Gasteiger partial charge in [-0.2, -0.15) is 0 Å². The third kappa shape index (κ3) is 3.59. The molecule has 118 valence electrons. The van der Waals surface area contributed by atoms with Gasteiger partial charge in [0.15, 0.2) is 12.4 Å².